The topological polar surface area (TPSA) is 49.8 Å². The smallest absolute Gasteiger partial charge is 0.249 e. The number of carbonyl (C=O) groups is 1. The van der Waals surface area contributed by atoms with E-state index in [1.165, 1.54) is 11.0 Å². The van der Waals surface area contributed by atoms with Gasteiger partial charge in [0, 0.05) is 16.2 Å². The predicted octanol–water partition coefficient (Wildman–Crippen LogP) is 2.11. The van der Waals surface area contributed by atoms with Crippen LogP contribution in [0.25, 0.3) is 0 Å². The molecule has 1 atom stereocenters. The quantitative estimate of drug-likeness (QED) is 0.823. The normalized spacial score (nSPS) is 22.6. The molecule has 19 heavy (non-hydrogen) atoms. The van der Waals surface area contributed by atoms with Crippen molar-refractivity contribution in [1.82, 2.24) is 4.90 Å². The molecule has 1 aliphatic rings. The van der Waals surface area contributed by atoms with Gasteiger partial charge in [-0.25, -0.2) is 0 Å². The number of benzene rings is 1. The first-order valence-electron chi connectivity index (χ1n) is 5.99. The van der Waals surface area contributed by atoms with Crippen molar-refractivity contribution in [3.8, 4) is 5.75 Å². The number of hydrogen-bond donors (Lipinski definition) is 1. The minimum absolute atomic E-state index is 0.136. The van der Waals surface area contributed by atoms with Crippen molar-refractivity contribution < 1.29 is 14.6 Å². The van der Waals surface area contributed by atoms with Crippen LogP contribution in [0.2, 0.25) is 0 Å². The van der Waals surface area contributed by atoms with E-state index in [-0.39, 0.29) is 5.91 Å². The Kier molecular flexibility index (Phi) is 4.15. The molecule has 0 spiro atoms. The summed E-state index contributed by atoms with van der Waals surface area (Å²) in [4.78, 5) is 13.3. The van der Waals surface area contributed by atoms with Crippen LogP contribution >= 0.6 is 22.6 Å². The van der Waals surface area contributed by atoms with Crippen LogP contribution in [0.15, 0.2) is 33.9 Å². The Hall–Kier alpha value is -1.08. The number of methoxy groups -OCH3 is 1. The Morgan fingerprint density at radius 1 is 1.37 bits per heavy atom. The molecule has 0 saturated heterocycles. The summed E-state index contributed by atoms with van der Waals surface area (Å²) in [5, 5.41) is 10.3. The van der Waals surface area contributed by atoms with Gasteiger partial charge in [-0.3, -0.25) is 4.79 Å². The third-order valence-electron chi connectivity index (χ3n) is 3.28. The number of carbonyl (C=O) groups excluding carboxylic acids is 1. The van der Waals surface area contributed by atoms with Crippen molar-refractivity contribution >= 4 is 28.5 Å². The zero-order valence-corrected chi connectivity index (χ0v) is 13.0. The van der Waals surface area contributed by atoms with E-state index < -0.39 is 5.72 Å². The second kappa shape index (κ2) is 5.50. The van der Waals surface area contributed by atoms with Crippen molar-refractivity contribution in [3.05, 3.63) is 39.5 Å². The third-order valence-corrected chi connectivity index (χ3v) is 4.61. The molecule has 0 aromatic heterocycles. The van der Waals surface area contributed by atoms with Crippen LogP contribution < -0.4 is 4.74 Å². The molecule has 1 amide bonds. The molecule has 1 unspecified atom stereocenters. The Labute approximate surface area is 126 Å². The summed E-state index contributed by atoms with van der Waals surface area (Å²) in [5.41, 5.74) is -0.0734. The van der Waals surface area contributed by atoms with Crippen molar-refractivity contribution in [2.75, 3.05) is 13.7 Å². The molecule has 4 nitrogen and oxygen atoms in total. The van der Waals surface area contributed by atoms with Gasteiger partial charge < -0.3 is 14.7 Å². The van der Waals surface area contributed by atoms with Gasteiger partial charge in [-0.05, 0) is 53.6 Å². The van der Waals surface area contributed by atoms with Crippen molar-refractivity contribution in [1.29, 1.82) is 0 Å². The largest absolute Gasteiger partial charge is 0.497 e. The summed E-state index contributed by atoms with van der Waals surface area (Å²) in [6.45, 7) is 2.13. The number of ether oxygens (including phenoxy) is 1. The molecule has 102 valence electrons. The van der Waals surface area contributed by atoms with Gasteiger partial charge in [0.25, 0.3) is 0 Å². The molecule has 1 aliphatic heterocycles. The second-order valence-corrected chi connectivity index (χ2v) is 5.76. The predicted molar refractivity (Wildman–Crippen MR) is 81.1 cm³/mol. The van der Waals surface area contributed by atoms with Gasteiger partial charge in [0.1, 0.15) is 5.75 Å². The summed E-state index contributed by atoms with van der Waals surface area (Å²) in [6.07, 6.45) is 2.18. The van der Waals surface area contributed by atoms with Crippen molar-refractivity contribution in [3.63, 3.8) is 0 Å². The van der Waals surface area contributed by atoms with Gasteiger partial charge in [0.2, 0.25) is 5.91 Å². The molecular weight excluding hydrogens is 357 g/mol. The number of aliphatic hydroxyl groups is 1. The zero-order valence-electron chi connectivity index (χ0n) is 10.9. The van der Waals surface area contributed by atoms with E-state index in [1.54, 1.807) is 14.0 Å². The van der Waals surface area contributed by atoms with Crippen LogP contribution in [0.1, 0.15) is 12.5 Å². The second-order valence-electron chi connectivity index (χ2n) is 4.60. The molecular formula is C14H16INO3. The van der Waals surface area contributed by atoms with Crippen LogP contribution in [0.4, 0.5) is 0 Å². The van der Waals surface area contributed by atoms with E-state index in [1.807, 2.05) is 46.9 Å². The average molecular weight is 373 g/mol. The van der Waals surface area contributed by atoms with E-state index in [4.69, 9.17) is 4.74 Å². The van der Waals surface area contributed by atoms with Crippen molar-refractivity contribution in [2.24, 2.45) is 0 Å². The van der Waals surface area contributed by atoms with E-state index in [9.17, 15) is 9.90 Å². The van der Waals surface area contributed by atoms with E-state index in [2.05, 4.69) is 0 Å². The molecule has 5 heteroatoms. The molecule has 1 aromatic rings. The molecule has 0 fully saturated rings. The highest BCUT2D eigenvalue weighted by Crippen LogP contribution is 2.33. The third kappa shape index (κ3) is 2.92. The maximum absolute atomic E-state index is 11.8. The molecule has 0 bridgehead atoms. The highest BCUT2D eigenvalue weighted by Gasteiger charge is 2.40. The van der Waals surface area contributed by atoms with Crippen LogP contribution in [-0.2, 0) is 11.2 Å². The lowest BCUT2D eigenvalue weighted by atomic mass is 10.1. The van der Waals surface area contributed by atoms with Crippen LogP contribution in [0.5, 0.6) is 5.75 Å². The van der Waals surface area contributed by atoms with Gasteiger partial charge in [-0.15, -0.1) is 0 Å². The van der Waals surface area contributed by atoms with Gasteiger partial charge >= 0.3 is 0 Å². The summed E-state index contributed by atoms with van der Waals surface area (Å²) in [6, 6.07) is 7.71. The highest BCUT2D eigenvalue weighted by molar-refractivity contribution is 14.1. The summed E-state index contributed by atoms with van der Waals surface area (Å²) in [7, 11) is 1.63. The average Bonchev–Trinajstić information content (AvgIpc) is 2.57. The fourth-order valence-corrected chi connectivity index (χ4v) is 2.59. The minimum Gasteiger partial charge on any atom is -0.497 e. The lowest BCUT2D eigenvalue weighted by Crippen LogP contribution is -2.46. The molecule has 0 saturated carbocycles. The molecule has 1 aromatic carbocycles. The van der Waals surface area contributed by atoms with Gasteiger partial charge in [-0.1, -0.05) is 12.1 Å². The highest BCUT2D eigenvalue weighted by atomic mass is 127. The maximum Gasteiger partial charge on any atom is 0.249 e. The standard InChI is InChI=1S/C14H16INO3/c1-14(18)12(15)9-13(17)16(14)8-7-10-3-5-11(19-2)6-4-10/h3-6,9,18H,7-8H2,1-2H3. The minimum atomic E-state index is -1.18. The maximum atomic E-state index is 11.8. The summed E-state index contributed by atoms with van der Waals surface area (Å²) in [5.74, 6) is 0.673. The summed E-state index contributed by atoms with van der Waals surface area (Å²) >= 11 is 2.00. The molecule has 1 N–H and O–H groups in total. The number of nitrogens with zero attached hydrogens (tertiary/aromatic N) is 1. The molecule has 1 heterocycles. The Bertz CT molecular complexity index is 508. The number of halogens is 1. The number of hydrogen-bond acceptors (Lipinski definition) is 3. The van der Waals surface area contributed by atoms with Gasteiger partial charge in [0.05, 0.1) is 7.11 Å². The first-order valence-corrected chi connectivity index (χ1v) is 7.07. The summed E-state index contributed by atoms with van der Waals surface area (Å²) < 4.78 is 5.75. The fraction of sp³-hybridized carbons (Fsp3) is 0.357. The molecule has 0 aliphatic carbocycles. The van der Waals surface area contributed by atoms with Gasteiger partial charge in [-0.2, -0.15) is 0 Å². The van der Waals surface area contributed by atoms with Crippen LogP contribution in [0.3, 0.4) is 0 Å². The number of rotatable bonds is 4. The number of amides is 1. The fourth-order valence-electron chi connectivity index (χ4n) is 2.03. The Morgan fingerprint density at radius 3 is 2.47 bits per heavy atom. The Balaban J connectivity index is 2.01. The lowest BCUT2D eigenvalue weighted by Gasteiger charge is -2.31. The first-order chi connectivity index (χ1) is 8.95. The SMILES string of the molecule is COc1ccc(CCN2C(=O)C=C(I)C2(C)O)cc1. The lowest BCUT2D eigenvalue weighted by molar-refractivity contribution is -0.139. The van der Waals surface area contributed by atoms with Crippen LogP contribution in [-0.4, -0.2) is 35.3 Å². The first kappa shape index (κ1) is 14.3. The Morgan fingerprint density at radius 2 is 2.00 bits per heavy atom. The zero-order chi connectivity index (χ0) is 14.0. The van der Waals surface area contributed by atoms with E-state index in [0.717, 1.165) is 11.3 Å². The molecule has 2 rings (SSSR count). The van der Waals surface area contributed by atoms with Gasteiger partial charge in [0.15, 0.2) is 5.72 Å². The monoisotopic (exact) mass is 373 g/mol. The molecule has 0 radical (unpaired) electrons. The van der Waals surface area contributed by atoms with Crippen molar-refractivity contribution in [2.45, 2.75) is 19.1 Å². The van der Waals surface area contributed by atoms with E-state index >= 15 is 0 Å². The van der Waals surface area contributed by atoms with Crippen LogP contribution in [0, 0.1) is 0 Å². The van der Waals surface area contributed by atoms with E-state index in [0.29, 0.717) is 16.5 Å².